The van der Waals surface area contributed by atoms with Crippen LogP contribution in [0.5, 0.6) is 0 Å². The van der Waals surface area contributed by atoms with E-state index in [9.17, 15) is 5.11 Å². The van der Waals surface area contributed by atoms with Crippen LogP contribution in [-0.4, -0.2) is 29.3 Å². The third-order valence-electron chi connectivity index (χ3n) is 2.20. The SMILES string of the molecule is OC1CCN(c2ccc(I)cn2)C1. The van der Waals surface area contributed by atoms with Crippen molar-refractivity contribution < 1.29 is 5.11 Å². The number of β-amino-alcohol motifs (C(OH)–C–C–N with tert-alkyl or cyclic N) is 1. The molecule has 1 aromatic rings. The van der Waals surface area contributed by atoms with Crippen molar-refractivity contribution >= 4 is 28.4 Å². The number of rotatable bonds is 1. The maximum absolute atomic E-state index is 9.34. The number of aromatic nitrogens is 1. The average molecular weight is 290 g/mol. The second-order valence-corrected chi connectivity index (χ2v) is 4.47. The summed E-state index contributed by atoms with van der Waals surface area (Å²) in [5.41, 5.74) is 0. The molecule has 0 aromatic carbocycles. The van der Waals surface area contributed by atoms with Crippen molar-refractivity contribution in [3.8, 4) is 0 Å². The Morgan fingerprint density at radius 3 is 2.92 bits per heavy atom. The first-order valence-corrected chi connectivity index (χ1v) is 5.38. The van der Waals surface area contributed by atoms with Crippen LogP contribution in [0, 0.1) is 3.57 Å². The lowest BCUT2D eigenvalue weighted by Gasteiger charge is -2.15. The fourth-order valence-corrected chi connectivity index (χ4v) is 1.82. The van der Waals surface area contributed by atoms with Crippen molar-refractivity contribution in [3.63, 3.8) is 0 Å². The first-order valence-electron chi connectivity index (χ1n) is 4.30. The number of hydrogen-bond donors (Lipinski definition) is 1. The topological polar surface area (TPSA) is 36.4 Å². The van der Waals surface area contributed by atoms with Crippen molar-refractivity contribution in [2.24, 2.45) is 0 Å². The predicted molar refractivity (Wildman–Crippen MR) is 59.8 cm³/mol. The lowest BCUT2D eigenvalue weighted by molar-refractivity contribution is 0.198. The smallest absolute Gasteiger partial charge is 0.128 e. The summed E-state index contributed by atoms with van der Waals surface area (Å²) in [7, 11) is 0. The van der Waals surface area contributed by atoms with E-state index in [0.717, 1.165) is 22.4 Å². The lowest BCUT2D eigenvalue weighted by atomic mass is 10.3. The van der Waals surface area contributed by atoms with Crippen molar-refractivity contribution in [1.29, 1.82) is 0 Å². The van der Waals surface area contributed by atoms with Crippen molar-refractivity contribution in [1.82, 2.24) is 4.98 Å². The highest BCUT2D eigenvalue weighted by Gasteiger charge is 2.20. The van der Waals surface area contributed by atoms with Gasteiger partial charge in [0.05, 0.1) is 6.10 Å². The second-order valence-electron chi connectivity index (χ2n) is 3.22. The van der Waals surface area contributed by atoms with Gasteiger partial charge in [0.25, 0.3) is 0 Å². The van der Waals surface area contributed by atoms with Gasteiger partial charge in [-0.15, -0.1) is 0 Å². The molecule has 0 saturated carbocycles. The molecule has 1 aliphatic heterocycles. The molecule has 0 aliphatic carbocycles. The Labute approximate surface area is 90.9 Å². The Morgan fingerprint density at radius 1 is 1.54 bits per heavy atom. The third kappa shape index (κ3) is 2.11. The van der Waals surface area contributed by atoms with Crippen LogP contribution in [0.15, 0.2) is 18.3 Å². The molecule has 1 aromatic heterocycles. The van der Waals surface area contributed by atoms with Crippen LogP contribution in [0.25, 0.3) is 0 Å². The summed E-state index contributed by atoms with van der Waals surface area (Å²) in [5, 5.41) is 9.34. The molecule has 2 heterocycles. The van der Waals surface area contributed by atoms with Gasteiger partial charge in [-0.2, -0.15) is 0 Å². The minimum absolute atomic E-state index is 0.180. The van der Waals surface area contributed by atoms with E-state index in [-0.39, 0.29) is 6.10 Å². The van der Waals surface area contributed by atoms with E-state index in [1.807, 2.05) is 18.3 Å². The summed E-state index contributed by atoms with van der Waals surface area (Å²) in [6, 6.07) is 4.04. The minimum Gasteiger partial charge on any atom is -0.391 e. The van der Waals surface area contributed by atoms with Crippen LogP contribution in [0.2, 0.25) is 0 Å². The van der Waals surface area contributed by atoms with E-state index < -0.39 is 0 Å². The summed E-state index contributed by atoms with van der Waals surface area (Å²) in [5.74, 6) is 0.969. The Bertz CT molecular complexity index is 288. The van der Waals surface area contributed by atoms with Gasteiger partial charge in [0, 0.05) is 22.9 Å². The molecule has 1 saturated heterocycles. The molecule has 1 fully saturated rings. The van der Waals surface area contributed by atoms with E-state index in [4.69, 9.17) is 0 Å². The molecule has 1 N–H and O–H groups in total. The molecule has 70 valence electrons. The number of hydrogen-bond acceptors (Lipinski definition) is 3. The highest BCUT2D eigenvalue weighted by molar-refractivity contribution is 14.1. The van der Waals surface area contributed by atoms with Crippen molar-refractivity contribution in [2.75, 3.05) is 18.0 Å². The molecule has 2 rings (SSSR count). The molecule has 0 amide bonds. The largest absolute Gasteiger partial charge is 0.391 e. The van der Waals surface area contributed by atoms with E-state index >= 15 is 0 Å². The number of pyridine rings is 1. The molecule has 1 unspecified atom stereocenters. The van der Waals surface area contributed by atoms with E-state index in [1.165, 1.54) is 0 Å². The molecule has 0 spiro atoms. The highest BCUT2D eigenvalue weighted by atomic mass is 127. The summed E-state index contributed by atoms with van der Waals surface area (Å²) in [6.07, 6.45) is 2.52. The second kappa shape index (κ2) is 3.79. The van der Waals surface area contributed by atoms with E-state index in [0.29, 0.717) is 6.54 Å². The molecular formula is C9H11IN2O. The Morgan fingerprint density at radius 2 is 2.38 bits per heavy atom. The summed E-state index contributed by atoms with van der Waals surface area (Å²) >= 11 is 2.23. The van der Waals surface area contributed by atoms with Crippen LogP contribution in [-0.2, 0) is 0 Å². The van der Waals surface area contributed by atoms with Crippen LogP contribution in [0.4, 0.5) is 5.82 Å². The highest BCUT2D eigenvalue weighted by Crippen LogP contribution is 2.18. The average Bonchev–Trinajstić information content (AvgIpc) is 2.53. The number of nitrogens with zero attached hydrogens (tertiary/aromatic N) is 2. The number of aliphatic hydroxyl groups excluding tert-OH is 1. The number of aliphatic hydroxyl groups is 1. The fraction of sp³-hybridized carbons (Fsp3) is 0.444. The molecular weight excluding hydrogens is 279 g/mol. The van der Waals surface area contributed by atoms with Gasteiger partial charge in [-0.25, -0.2) is 4.98 Å². The fourth-order valence-electron chi connectivity index (χ4n) is 1.50. The van der Waals surface area contributed by atoms with Gasteiger partial charge >= 0.3 is 0 Å². The van der Waals surface area contributed by atoms with E-state index in [1.54, 1.807) is 0 Å². The standard InChI is InChI=1S/C9H11IN2O/c10-7-1-2-9(11-5-7)12-4-3-8(13)6-12/h1-2,5,8,13H,3-4,6H2. The summed E-state index contributed by atoms with van der Waals surface area (Å²) < 4.78 is 1.14. The Kier molecular flexibility index (Phi) is 2.69. The first kappa shape index (κ1) is 9.21. The molecule has 1 aliphatic rings. The normalized spacial score (nSPS) is 22.3. The number of halogens is 1. The van der Waals surface area contributed by atoms with Gasteiger partial charge in [0.15, 0.2) is 0 Å². The molecule has 0 radical (unpaired) electrons. The summed E-state index contributed by atoms with van der Waals surface area (Å²) in [6.45, 7) is 1.63. The Balaban J connectivity index is 2.13. The zero-order valence-electron chi connectivity index (χ0n) is 7.15. The molecule has 13 heavy (non-hydrogen) atoms. The van der Waals surface area contributed by atoms with Crippen LogP contribution < -0.4 is 4.90 Å². The van der Waals surface area contributed by atoms with Gasteiger partial charge in [-0.1, -0.05) is 0 Å². The quantitative estimate of drug-likeness (QED) is 0.791. The molecule has 4 heteroatoms. The minimum atomic E-state index is -0.180. The van der Waals surface area contributed by atoms with Gasteiger partial charge in [-0.05, 0) is 41.1 Å². The third-order valence-corrected chi connectivity index (χ3v) is 2.84. The summed E-state index contributed by atoms with van der Waals surface area (Å²) in [4.78, 5) is 6.41. The van der Waals surface area contributed by atoms with Crippen LogP contribution in [0.1, 0.15) is 6.42 Å². The lowest BCUT2D eigenvalue weighted by Crippen LogP contribution is -2.21. The molecule has 3 nitrogen and oxygen atoms in total. The maximum atomic E-state index is 9.34. The first-order chi connectivity index (χ1) is 6.25. The zero-order chi connectivity index (χ0) is 9.26. The van der Waals surface area contributed by atoms with Gasteiger partial charge < -0.3 is 10.0 Å². The molecule has 0 bridgehead atoms. The van der Waals surface area contributed by atoms with Crippen LogP contribution in [0.3, 0.4) is 0 Å². The van der Waals surface area contributed by atoms with Gasteiger partial charge in [0.2, 0.25) is 0 Å². The maximum Gasteiger partial charge on any atom is 0.128 e. The van der Waals surface area contributed by atoms with Crippen molar-refractivity contribution in [2.45, 2.75) is 12.5 Å². The van der Waals surface area contributed by atoms with E-state index in [2.05, 4.69) is 32.5 Å². The van der Waals surface area contributed by atoms with Gasteiger partial charge in [-0.3, -0.25) is 0 Å². The van der Waals surface area contributed by atoms with Gasteiger partial charge in [0.1, 0.15) is 5.82 Å². The Hall–Kier alpha value is -0.360. The molecule has 1 atom stereocenters. The number of anilines is 1. The van der Waals surface area contributed by atoms with Crippen molar-refractivity contribution in [3.05, 3.63) is 21.9 Å². The predicted octanol–water partition coefficient (Wildman–Crippen LogP) is 1.26. The monoisotopic (exact) mass is 290 g/mol. The zero-order valence-corrected chi connectivity index (χ0v) is 9.31. The van der Waals surface area contributed by atoms with Crippen LogP contribution >= 0.6 is 22.6 Å².